The molecule has 2 N–H and O–H groups in total. The maximum atomic E-state index is 11.8. The Labute approximate surface area is 110 Å². The molecule has 1 saturated carbocycles. The summed E-state index contributed by atoms with van der Waals surface area (Å²) < 4.78 is 0. The van der Waals surface area contributed by atoms with Crippen LogP contribution in [0.15, 0.2) is 12.1 Å². The summed E-state index contributed by atoms with van der Waals surface area (Å²) in [7, 11) is 0. The van der Waals surface area contributed by atoms with E-state index in [4.69, 9.17) is 5.11 Å². The lowest BCUT2D eigenvalue weighted by Crippen LogP contribution is -2.24. The van der Waals surface area contributed by atoms with Crippen molar-refractivity contribution in [2.24, 2.45) is 5.92 Å². The van der Waals surface area contributed by atoms with Crippen molar-refractivity contribution in [3.05, 3.63) is 21.9 Å². The van der Waals surface area contributed by atoms with Crippen molar-refractivity contribution in [2.75, 3.05) is 6.54 Å². The van der Waals surface area contributed by atoms with Gasteiger partial charge in [-0.15, -0.1) is 11.3 Å². The molecule has 1 fully saturated rings. The second-order valence-corrected chi connectivity index (χ2v) is 5.75. The molecule has 4 nitrogen and oxygen atoms in total. The van der Waals surface area contributed by atoms with Crippen LogP contribution in [0.2, 0.25) is 0 Å². The van der Waals surface area contributed by atoms with Gasteiger partial charge in [0.05, 0.1) is 4.88 Å². The van der Waals surface area contributed by atoms with E-state index in [-0.39, 0.29) is 10.8 Å². The van der Waals surface area contributed by atoms with Crippen molar-refractivity contribution in [3.8, 4) is 0 Å². The SMILES string of the molecule is O=C(O)c1ccc(C(=O)NCCC2CCCC2)s1. The normalized spacial score (nSPS) is 15.8. The van der Waals surface area contributed by atoms with Crippen LogP contribution in [0, 0.1) is 5.92 Å². The van der Waals surface area contributed by atoms with Gasteiger partial charge in [-0.2, -0.15) is 0 Å². The van der Waals surface area contributed by atoms with E-state index < -0.39 is 5.97 Å². The Bertz CT molecular complexity index is 435. The topological polar surface area (TPSA) is 66.4 Å². The van der Waals surface area contributed by atoms with Crippen molar-refractivity contribution < 1.29 is 14.7 Å². The molecule has 18 heavy (non-hydrogen) atoms. The Kier molecular flexibility index (Phi) is 4.36. The minimum Gasteiger partial charge on any atom is -0.477 e. The van der Waals surface area contributed by atoms with Crippen LogP contribution in [0.4, 0.5) is 0 Å². The van der Waals surface area contributed by atoms with Crippen LogP contribution in [0.3, 0.4) is 0 Å². The molecule has 1 aromatic heterocycles. The first-order chi connectivity index (χ1) is 8.66. The van der Waals surface area contributed by atoms with Crippen molar-refractivity contribution in [1.29, 1.82) is 0 Å². The molecule has 0 bridgehead atoms. The van der Waals surface area contributed by atoms with Crippen LogP contribution in [0.5, 0.6) is 0 Å². The summed E-state index contributed by atoms with van der Waals surface area (Å²) in [6, 6.07) is 3.04. The van der Waals surface area contributed by atoms with E-state index in [1.54, 1.807) is 6.07 Å². The van der Waals surface area contributed by atoms with Gasteiger partial charge >= 0.3 is 5.97 Å². The second kappa shape index (κ2) is 6.00. The number of carbonyl (C=O) groups is 2. The number of carbonyl (C=O) groups excluding carboxylic acids is 1. The minimum atomic E-state index is -0.981. The van der Waals surface area contributed by atoms with Crippen LogP contribution in [0.25, 0.3) is 0 Å². The molecule has 1 heterocycles. The smallest absolute Gasteiger partial charge is 0.345 e. The van der Waals surface area contributed by atoms with E-state index in [1.165, 1.54) is 31.7 Å². The molecular weight excluding hydrogens is 250 g/mol. The lowest BCUT2D eigenvalue weighted by atomic mass is 10.0. The molecule has 0 aliphatic heterocycles. The lowest BCUT2D eigenvalue weighted by Gasteiger charge is -2.08. The average Bonchev–Trinajstić information content (AvgIpc) is 2.99. The van der Waals surface area contributed by atoms with Gasteiger partial charge in [0.1, 0.15) is 4.88 Å². The molecule has 2 rings (SSSR count). The molecule has 1 amide bonds. The summed E-state index contributed by atoms with van der Waals surface area (Å²) >= 11 is 1.02. The van der Waals surface area contributed by atoms with Gasteiger partial charge in [-0.3, -0.25) is 4.79 Å². The molecule has 1 aliphatic rings. The van der Waals surface area contributed by atoms with E-state index in [1.807, 2.05) is 0 Å². The third-order valence-corrected chi connectivity index (χ3v) is 4.43. The monoisotopic (exact) mass is 267 g/mol. The van der Waals surface area contributed by atoms with Crippen LogP contribution in [-0.2, 0) is 0 Å². The van der Waals surface area contributed by atoms with Crippen LogP contribution >= 0.6 is 11.3 Å². The van der Waals surface area contributed by atoms with Gasteiger partial charge < -0.3 is 10.4 Å². The van der Waals surface area contributed by atoms with Gasteiger partial charge in [0.2, 0.25) is 0 Å². The first-order valence-electron chi connectivity index (χ1n) is 6.28. The van der Waals surface area contributed by atoms with Crippen LogP contribution in [-0.4, -0.2) is 23.5 Å². The fourth-order valence-electron chi connectivity index (χ4n) is 2.35. The molecule has 0 radical (unpaired) electrons. The zero-order chi connectivity index (χ0) is 13.0. The minimum absolute atomic E-state index is 0.162. The van der Waals surface area contributed by atoms with E-state index in [2.05, 4.69) is 5.32 Å². The first-order valence-corrected chi connectivity index (χ1v) is 7.10. The number of rotatable bonds is 5. The van der Waals surface area contributed by atoms with Gasteiger partial charge in [0.25, 0.3) is 5.91 Å². The molecule has 0 aromatic carbocycles. The average molecular weight is 267 g/mol. The second-order valence-electron chi connectivity index (χ2n) is 4.66. The molecule has 5 heteroatoms. The van der Waals surface area contributed by atoms with Crippen molar-refractivity contribution in [3.63, 3.8) is 0 Å². The van der Waals surface area contributed by atoms with Gasteiger partial charge in [-0.05, 0) is 24.5 Å². The Morgan fingerprint density at radius 3 is 2.56 bits per heavy atom. The number of carboxylic acid groups (broad SMARTS) is 1. The molecule has 0 unspecified atom stereocenters. The molecule has 0 spiro atoms. The highest BCUT2D eigenvalue weighted by Gasteiger charge is 2.16. The molecule has 1 aliphatic carbocycles. The number of amides is 1. The maximum Gasteiger partial charge on any atom is 0.345 e. The summed E-state index contributed by atoms with van der Waals surface area (Å²) in [5.74, 6) is -0.390. The van der Waals surface area contributed by atoms with Crippen molar-refractivity contribution in [2.45, 2.75) is 32.1 Å². The van der Waals surface area contributed by atoms with Crippen molar-refractivity contribution >= 4 is 23.2 Å². The van der Waals surface area contributed by atoms with Gasteiger partial charge in [0, 0.05) is 6.54 Å². The number of aromatic carboxylic acids is 1. The number of carboxylic acids is 1. The van der Waals surface area contributed by atoms with Crippen LogP contribution < -0.4 is 5.32 Å². The Morgan fingerprint density at radius 2 is 1.94 bits per heavy atom. The van der Waals surface area contributed by atoms with Gasteiger partial charge in [-0.1, -0.05) is 25.7 Å². The third kappa shape index (κ3) is 3.32. The highest BCUT2D eigenvalue weighted by atomic mass is 32.1. The fourth-order valence-corrected chi connectivity index (χ4v) is 3.11. The molecule has 0 atom stereocenters. The largest absolute Gasteiger partial charge is 0.477 e. The molecule has 0 saturated heterocycles. The zero-order valence-electron chi connectivity index (χ0n) is 10.1. The van der Waals surface area contributed by atoms with Gasteiger partial charge in [0.15, 0.2) is 0 Å². The molecule has 1 aromatic rings. The summed E-state index contributed by atoms with van der Waals surface area (Å²) in [5.41, 5.74) is 0. The number of hydrogen-bond acceptors (Lipinski definition) is 3. The molecule has 98 valence electrons. The van der Waals surface area contributed by atoms with E-state index >= 15 is 0 Å². The lowest BCUT2D eigenvalue weighted by molar-refractivity contribution is 0.0702. The maximum absolute atomic E-state index is 11.8. The highest BCUT2D eigenvalue weighted by molar-refractivity contribution is 7.15. The van der Waals surface area contributed by atoms with Crippen LogP contribution in [0.1, 0.15) is 51.4 Å². The predicted octanol–water partition coefficient (Wildman–Crippen LogP) is 2.76. The van der Waals surface area contributed by atoms with E-state index in [0.717, 1.165) is 23.7 Å². The van der Waals surface area contributed by atoms with Gasteiger partial charge in [-0.25, -0.2) is 4.79 Å². The third-order valence-electron chi connectivity index (χ3n) is 3.35. The highest BCUT2D eigenvalue weighted by Crippen LogP contribution is 2.27. The number of nitrogens with one attached hydrogen (secondary N) is 1. The van der Waals surface area contributed by atoms with E-state index in [0.29, 0.717) is 11.4 Å². The number of hydrogen-bond donors (Lipinski definition) is 2. The zero-order valence-corrected chi connectivity index (χ0v) is 11.0. The Hall–Kier alpha value is -1.36. The van der Waals surface area contributed by atoms with E-state index in [9.17, 15) is 9.59 Å². The quantitative estimate of drug-likeness (QED) is 0.862. The standard InChI is InChI=1S/C13H17NO3S/c15-12(10-5-6-11(18-10)13(16)17)14-8-7-9-3-1-2-4-9/h5-6,9H,1-4,7-8H2,(H,14,15)(H,16,17). The first kappa shape index (κ1) is 13.1. The summed E-state index contributed by atoms with van der Waals surface area (Å²) in [5, 5.41) is 11.6. The number of thiophene rings is 1. The summed E-state index contributed by atoms with van der Waals surface area (Å²) in [4.78, 5) is 23.1. The summed E-state index contributed by atoms with van der Waals surface area (Å²) in [6.45, 7) is 0.684. The Morgan fingerprint density at radius 1 is 1.28 bits per heavy atom. The predicted molar refractivity (Wildman–Crippen MR) is 70.2 cm³/mol. The summed E-state index contributed by atoms with van der Waals surface area (Å²) in [6.07, 6.45) is 6.20. The fraction of sp³-hybridized carbons (Fsp3) is 0.538. The Balaban J connectivity index is 1.77. The molecular formula is C13H17NO3S. The van der Waals surface area contributed by atoms with Crippen molar-refractivity contribution in [1.82, 2.24) is 5.32 Å².